The maximum atomic E-state index is 12.1. The van der Waals surface area contributed by atoms with Gasteiger partial charge in [-0.2, -0.15) is 0 Å². The molecule has 104 valence electrons. The summed E-state index contributed by atoms with van der Waals surface area (Å²) in [7, 11) is 0. The number of hydrogen-bond acceptors (Lipinski definition) is 4. The van der Waals surface area contributed by atoms with Gasteiger partial charge in [0.1, 0.15) is 11.5 Å². The quantitative estimate of drug-likeness (QED) is 0.808. The van der Waals surface area contributed by atoms with Gasteiger partial charge >= 0.3 is 11.9 Å². The molecule has 19 heavy (non-hydrogen) atoms. The van der Waals surface area contributed by atoms with E-state index in [1.54, 1.807) is 51.1 Å². The summed E-state index contributed by atoms with van der Waals surface area (Å²) < 4.78 is 5.16. The van der Waals surface area contributed by atoms with Crippen LogP contribution in [0.2, 0.25) is 0 Å². The van der Waals surface area contributed by atoms with Crippen LogP contribution in [0.25, 0.3) is 0 Å². The van der Waals surface area contributed by atoms with Crippen LogP contribution in [0.3, 0.4) is 0 Å². The van der Waals surface area contributed by atoms with Crippen LogP contribution in [0.1, 0.15) is 32.3 Å². The van der Waals surface area contributed by atoms with E-state index in [0.29, 0.717) is 5.56 Å². The van der Waals surface area contributed by atoms with Crippen molar-refractivity contribution < 1.29 is 24.5 Å². The van der Waals surface area contributed by atoms with Gasteiger partial charge in [-0.3, -0.25) is 4.79 Å². The SMILES string of the molecule is CC(C)(C)OC(=O)[C@@H](c1ccccc1)[C@H](O)C(=O)O. The van der Waals surface area contributed by atoms with E-state index < -0.39 is 29.6 Å². The van der Waals surface area contributed by atoms with E-state index in [1.165, 1.54) is 0 Å². The van der Waals surface area contributed by atoms with Crippen molar-refractivity contribution in [2.24, 2.45) is 0 Å². The second kappa shape index (κ2) is 5.84. The monoisotopic (exact) mass is 266 g/mol. The first-order chi connectivity index (χ1) is 8.72. The molecule has 0 aliphatic carbocycles. The van der Waals surface area contributed by atoms with Gasteiger partial charge in [0, 0.05) is 0 Å². The fourth-order valence-electron chi connectivity index (χ4n) is 1.62. The number of carboxylic acids is 1. The number of ether oxygens (including phenoxy) is 1. The minimum Gasteiger partial charge on any atom is -0.479 e. The molecule has 0 aromatic heterocycles. The number of hydrogen-bond donors (Lipinski definition) is 2. The topological polar surface area (TPSA) is 83.8 Å². The summed E-state index contributed by atoms with van der Waals surface area (Å²) in [6.45, 7) is 5.04. The van der Waals surface area contributed by atoms with Crippen molar-refractivity contribution in [3.05, 3.63) is 35.9 Å². The third-order valence-corrected chi connectivity index (χ3v) is 2.39. The summed E-state index contributed by atoms with van der Waals surface area (Å²) in [5.74, 6) is -3.45. The minimum absolute atomic E-state index is 0.409. The van der Waals surface area contributed by atoms with Gasteiger partial charge in [-0.15, -0.1) is 0 Å². The molecule has 0 heterocycles. The summed E-state index contributed by atoms with van der Waals surface area (Å²) in [5.41, 5.74) is -0.339. The number of carbonyl (C=O) groups is 2. The largest absolute Gasteiger partial charge is 0.479 e. The first kappa shape index (κ1) is 15.2. The summed E-state index contributed by atoms with van der Waals surface area (Å²) in [6.07, 6.45) is -1.84. The predicted octanol–water partition coefficient (Wildman–Crippen LogP) is 1.56. The van der Waals surface area contributed by atoms with Crippen LogP contribution < -0.4 is 0 Å². The highest BCUT2D eigenvalue weighted by Crippen LogP contribution is 2.24. The summed E-state index contributed by atoms with van der Waals surface area (Å²) in [5, 5.41) is 18.6. The molecule has 0 bridgehead atoms. The van der Waals surface area contributed by atoms with Gasteiger partial charge in [-0.25, -0.2) is 4.79 Å². The summed E-state index contributed by atoms with van der Waals surface area (Å²) in [6, 6.07) is 8.24. The fourth-order valence-corrected chi connectivity index (χ4v) is 1.62. The molecule has 2 atom stereocenters. The number of aliphatic hydroxyl groups excluding tert-OH is 1. The Morgan fingerprint density at radius 2 is 1.68 bits per heavy atom. The van der Waals surface area contributed by atoms with Crippen molar-refractivity contribution in [1.29, 1.82) is 0 Å². The molecule has 5 heteroatoms. The van der Waals surface area contributed by atoms with Crippen molar-refractivity contribution in [3.63, 3.8) is 0 Å². The van der Waals surface area contributed by atoms with E-state index >= 15 is 0 Å². The van der Waals surface area contributed by atoms with Crippen molar-refractivity contribution in [2.45, 2.75) is 38.4 Å². The Hall–Kier alpha value is -1.88. The number of carboxylic acid groups (broad SMARTS) is 1. The molecule has 1 aromatic carbocycles. The number of rotatable bonds is 4. The van der Waals surface area contributed by atoms with Crippen molar-refractivity contribution >= 4 is 11.9 Å². The van der Waals surface area contributed by atoms with Crippen LogP contribution in [0.5, 0.6) is 0 Å². The molecule has 0 amide bonds. The van der Waals surface area contributed by atoms with E-state index in [1.807, 2.05) is 0 Å². The van der Waals surface area contributed by atoms with E-state index in [-0.39, 0.29) is 0 Å². The molecule has 5 nitrogen and oxygen atoms in total. The number of carbonyl (C=O) groups excluding carboxylic acids is 1. The number of aliphatic carboxylic acids is 1. The molecule has 1 rings (SSSR count). The second-order valence-corrected chi connectivity index (χ2v) is 5.20. The third-order valence-electron chi connectivity index (χ3n) is 2.39. The zero-order valence-corrected chi connectivity index (χ0v) is 11.2. The van der Waals surface area contributed by atoms with Crippen molar-refractivity contribution in [3.8, 4) is 0 Å². The molecular weight excluding hydrogens is 248 g/mol. The smallest absolute Gasteiger partial charge is 0.333 e. The van der Waals surface area contributed by atoms with Crippen molar-refractivity contribution in [2.75, 3.05) is 0 Å². The van der Waals surface area contributed by atoms with E-state index in [9.17, 15) is 14.7 Å². The fraction of sp³-hybridized carbons (Fsp3) is 0.429. The Morgan fingerprint density at radius 3 is 2.11 bits per heavy atom. The van der Waals surface area contributed by atoms with Crippen molar-refractivity contribution in [1.82, 2.24) is 0 Å². The van der Waals surface area contributed by atoms with Crippen LogP contribution in [0, 0.1) is 0 Å². The molecular formula is C14H18O5. The maximum Gasteiger partial charge on any atom is 0.333 e. The number of esters is 1. The zero-order valence-electron chi connectivity index (χ0n) is 11.2. The molecule has 0 fully saturated rings. The molecule has 0 spiro atoms. The minimum atomic E-state index is -1.84. The normalized spacial score (nSPS) is 14.5. The second-order valence-electron chi connectivity index (χ2n) is 5.20. The van der Waals surface area contributed by atoms with Gasteiger partial charge in [-0.05, 0) is 26.3 Å². The molecule has 1 aromatic rings. The third kappa shape index (κ3) is 4.37. The molecule has 0 aliphatic heterocycles. The Kier molecular flexibility index (Phi) is 4.67. The summed E-state index contributed by atoms with van der Waals surface area (Å²) in [4.78, 5) is 23.0. The Labute approximate surface area is 111 Å². The lowest BCUT2D eigenvalue weighted by molar-refractivity contribution is -0.165. The summed E-state index contributed by atoms with van der Waals surface area (Å²) >= 11 is 0. The Morgan fingerprint density at radius 1 is 1.16 bits per heavy atom. The highest BCUT2D eigenvalue weighted by Gasteiger charge is 2.36. The molecule has 0 aliphatic rings. The van der Waals surface area contributed by atoms with Crippen LogP contribution in [0.4, 0.5) is 0 Å². The number of benzene rings is 1. The van der Waals surface area contributed by atoms with Crippen LogP contribution in [-0.2, 0) is 14.3 Å². The molecule has 2 N–H and O–H groups in total. The zero-order chi connectivity index (χ0) is 14.6. The van der Waals surface area contributed by atoms with Gasteiger partial charge in [0.2, 0.25) is 0 Å². The molecule has 0 radical (unpaired) electrons. The van der Waals surface area contributed by atoms with E-state index in [0.717, 1.165) is 0 Å². The van der Waals surface area contributed by atoms with Gasteiger partial charge in [0.05, 0.1) is 0 Å². The predicted molar refractivity (Wildman–Crippen MR) is 68.7 cm³/mol. The first-order valence-corrected chi connectivity index (χ1v) is 5.91. The lowest BCUT2D eigenvalue weighted by Crippen LogP contribution is -2.37. The standard InChI is InChI=1S/C14H18O5/c1-14(2,3)19-13(18)10(11(15)12(16)17)9-7-5-4-6-8-9/h4-8,10-11,15H,1-3H3,(H,16,17)/t10-,11-/m0/s1. The Bertz CT molecular complexity index is 447. The maximum absolute atomic E-state index is 12.1. The first-order valence-electron chi connectivity index (χ1n) is 5.91. The molecule has 0 saturated carbocycles. The van der Waals surface area contributed by atoms with E-state index in [4.69, 9.17) is 9.84 Å². The lowest BCUT2D eigenvalue weighted by Gasteiger charge is -2.25. The highest BCUT2D eigenvalue weighted by molar-refractivity contribution is 5.87. The van der Waals surface area contributed by atoms with Crippen LogP contribution in [0.15, 0.2) is 30.3 Å². The molecule has 0 saturated heterocycles. The van der Waals surface area contributed by atoms with Crippen LogP contribution >= 0.6 is 0 Å². The van der Waals surface area contributed by atoms with Gasteiger partial charge in [0.15, 0.2) is 6.10 Å². The average molecular weight is 266 g/mol. The average Bonchev–Trinajstić information content (AvgIpc) is 2.28. The highest BCUT2D eigenvalue weighted by atomic mass is 16.6. The van der Waals surface area contributed by atoms with Gasteiger partial charge in [0.25, 0.3) is 0 Å². The lowest BCUT2D eigenvalue weighted by atomic mass is 9.93. The number of aliphatic hydroxyl groups is 1. The molecule has 0 unspecified atom stereocenters. The Balaban J connectivity index is 3.07. The van der Waals surface area contributed by atoms with E-state index in [2.05, 4.69) is 0 Å². The van der Waals surface area contributed by atoms with Gasteiger partial charge < -0.3 is 14.9 Å². The van der Waals surface area contributed by atoms with Gasteiger partial charge in [-0.1, -0.05) is 30.3 Å². The van der Waals surface area contributed by atoms with Crippen LogP contribution in [-0.4, -0.2) is 33.9 Å².